The van der Waals surface area contributed by atoms with E-state index in [-0.39, 0.29) is 17.9 Å². The molecule has 1 aliphatic heterocycles. The summed E-state index contributed by atoms with van der Waals surface area (Å²) < 4.78 is 13.2. The molecule has 3 aromatic heterocycles. The first kappa shape index (κ1) is 20.9. The van der Waals surface area contributed by atoms with Gasteiger partial charge in [-0.1, -0.05) is 12.1 Å². The van der Waals surface area contributed by atoms with E-state index >= 15 is 0 Å². The third-order valence-corrected chi connectivity index (χ3v) is 5.97. The maximum absolute atomic E-state index is 13.2. The molecule has 1 unspecified atom stereocenters. The Hall–Kier alpha value is -4.01. The minimum atomic E-state index is -0.289. The molecule has 0 bridgehead atoms. The molecule has 4 heterocycles. The lowest BCUT2D eigenvalue weighted by Gasteiger charge is -2.36. The number of hydrogen-bond acceptors (Lipinski definition) is 5. The fraction of sp³-hybridized carbons (Fsp3) is 0.250. The number of H-pyrrole nitrogens is 1. The van der Waals surface area contributed by atoms with Crippen molar-refractivity contribution in [3.05, 3.63) is 72.6 Å². The summed E-state index contributed by atoms with van der Waals surface area (Å²) >= 11 is 0. The van der Waals surface area contributed by atoms with E-state index in [1.807, 2.05) is 19.1 Å². The average Bonchev–Trinajstić information content (AvgIpc) is 3.30. The van der Waals surface area contributed by atoms with Crippen molar-refractivity contribution in [2.45, 2.75) is 13.0 Å². The number of urea groups is 1. The molecule has 168 valence electrons. The Morgan fingerprint density at radius 1 is 1.06 bits per heavy atom. The summed E-state index contributed by atoms with van der Waals surface area (Å²) in [5.74, 6) is 0.568. The first-order valence-electron chi connectivity index (χ1n) is 10.9. The van der Waals surface area contributed by atoms with Gasteiger partial charge in [-0.2, -0.15) is 0 Å². The first-order valence-corrected chi connectivity index (χ1v) is 10.9. The Balaban J connectivity index is 1.26. The summed E-state index contributed by atoms with van der Waals surface area (Å²) in [7, 11) is 0. The molecule has 33 heavy (non-hydrogen) atoms. The predicted octanol–water partition coefficient (Wildman–Crippen LogP) is 3.75. The number of nitrogens with zero attached hydrogens (tertiary/aromatic N) is 5. The van der Waals surface area contributed by atoms with Gasteiger partial charge in [-0.3, -0.25) is 4.98 Å². The van der Waals surface area contributed by atoms with Crippen LogP contribution in [0.4, 0.5) is 15.0 Å². The van der Waals surface area contributed by atoms with Crippen molar-refractivity contribution in [1.82, 2.24) is 30.2 Å². The number of piperazine rings is 1. The predicted molar refractivity (Wildman–Crippen MR) is 124 cm³/mol. The molecule has 5 rings (SSSR count). The maximum atomic E-state index is 13.2. The van der Waals surface area contributed by atoms with Gasteiger partial charge in [0.25, 0.3) is 0 Å². The number of benzene rings is 1. The van der Waals surface area contributed by atoms with Crippen LogP contribution in [-0.4, -0.2) is 57.0 Å². The lowest BCUT2D eigenvalue weighted by Crippen LogP contribution is -2.52. The Kier molecular flexibility index (Phi) is 5.60. The molecular weight excluding hydrogens is 421 g/mol. The summed E-state index contributed by atoms with van der Waals surface area (Å²) in [6, 6.07) is 11.8. The summed E-state index contributed by atoms with van der Waals surface area (Å²) in [6.07, 6.45) is 5.08. The fourth-order valence-electron chi connectivity index (χ4n) is 4.10. The van der Waals surface area contributed by atoms with Crippen molar-refractivity contribution < 1.29 is 9.18 Å². The maximum Gasteiger partial charge on any atom is 0.317 e. The van der Waals surface area contributed by atoms with Crippen LogP contribution in [0.5, 0.6) is 0 Å². The van der Waals surface area contributed by atoms with Gasteiger partial charge in [0, 0.05) is 49.8 Å². The van der Waals surface area contributed by atoms with Gasteiger partial charge < -0.3 is 20.1 Å². The van der Waals surface area contributed by atoms with Crippen LogP contribution in [-0.2, 0) is 0 Å². The molecule has 0 radical (unpaired) electrons. The number of anilines is 1. The van der Waals surface area contributed by atoms with Gasteiger partial charge >= 0.3 is 6.03 Å². The SMILES string of the molecule is CC(NC(=O)N1CCN(c2ncnc3[nH]c(-c4ccncc4)cc23)CC1)c1ccc(F)cc1. The molecule has 1 aromatic carbocycles. The molecule has 8 nitrogen and oxygen atoms in total. The zero-order chi connectivity index (χ0) is 22.8. The summed E-state index contributed by atoms with van der Waals surface area (Å²) in [4.78, 5) is 33.1. The van der Waals surface area contributed by atoms with E-state index < -0.39 is 0 Å². The Labute approximate surface area is 190 Å². The monoisotopic (exact) mass is 445 g/mol. The number of aromatic amines is 1. The zero-order valence-corrected chi connectivity index (χ0v) is 18.2. The molecule has 0 saturated carbocycles. The number of aromatic nitrogens is 4. The lowest BCUT2D eigenvalue weighted by molar-refractivity contribution is 0.191. The average molecular weight is 446 g/mol. The molecule has 1 saturated heterocycles. The van der Waals surface area contributed by atoms with Gasteiger partial charge in [0.2, 0.25) is 0 Å². The van der Waals surface area contributed by atoms with Crippen molar-refractivity contribution in [1.29, 1.82) is 0 Å². The molecule has 4 aromatic rings. The van der Waals surface area contributed by atoms with Gasteiger partial charge in [-0.15, -0.1) is 0 Å². The number of pyridine rings is 1. The topological polar surface area (TPSA) is 90.0 Å². The highest BCUT2D eigenvalue weighted by molar-refractivity contribution is 5.92. The molecule has 0 aliphatic carbocycles. The summed E-state index contributed by atoms with van der Waals surface area (Å²) in [5.41, 5.74) is 3.64. The Bertz CT molecular complexity index is 1250. The Morgan fingerprint density at radius 2 is 1.79 bits per heavy atom. The molecule has 0 spiro atoms. The number of halogens is 1. The quantitative estimate of drug-likeness (QED) is 0.499. The van der Waals surface area contributed by atoms with E-state index in [9.17, 15) is 9.18 Å². The number of fused-ring (bicyclic) bond motifs is 1. The van der Waals surface area contributed by atoms with E-state index in [0.717, 1.165) is 33.7 Å². The third-order valence-electron chi connectivity index (χ3n) is 5.97. The highest BCUT2D eigenvalue weighted by Crippen LogP contribution is 2.29. The normalized spacial score (nSPS) is 15.0. The fourth-order valence-corrected chi connectivity index (χ4v) is 4.10. The lowest BCUT2D eigenvalue weighted by atomic mass is 10.1. The minimum Gasteiger partial charge on any atom is -0.352 e. The number of amides is 2. The van der Waals surface area contributed by atoms with Crippen molar-refractivity contribution in [2.24, 2.45) is 0 Å². The second-order valence-corrected chi connectivity index (χ2v) is 8.08. The molecule has 2 N–H and O–H groups in total. The van der Waals surface area contributed by atoms with E-state index in [4.69, 9.17) is 0 Å². The van der Waals surface area contributed by atoms with Gasteiger partial charge in [0.15, 0.2) is 0 Å². The van der Waals surface area contributed by atoms with Crippen LogP contribution in [0.1, 0.15) is 18.5 Å². The van der Waals surface area contributed by atoms with Crippen LogP contribution in [0.15, 0.2) is 61.2 Å². The zero-order valence-electron chi connectivity index (χ0n) is 18.2. The van der Waals surface area contributed by atoms with Crippen LogP contribution in [0.25, 0.3) is 22.3 Å². The number of rotatable bonds is 4. The Morgan fingerprint density at radius 3 is 2.52 bits per heavy atom. The standard InChI is InChI=1S/C24H24FN7O/c1-16(17-2-4-19(25)5-3-17)29-24(33)32-12-10-31(11-13-32)23-20-14-21(18-6-8-26-9-7-18)30-22(20)27-15-28-23/h2-9,14-16H,10-13H2,1H3,(H,29,33)(H,27,28,30). The second-order valence-electron chi connectivity index (χ2n) is 8.08. The molecule has 1 atom stereocenters. The molecular formula is C24H24FN7O. The van der Waals surface area contributed by atoms with Gasteiger partial charge in [-0.25, -0.2) is 19.2 Å². The van der Waals surface area contributed by atoms with Crippen molar-refractivity contribution in [3.63, 3.8) is 0 Å². The van der Waals surface area contributed by atoms with Crippen molar-refractivity contribution in [3.8, 4) is 11.3 Å². The molecule has 1 aliphatic rings. The minimum absolute atomic E-state index is 0.124. The highest BCUT2D eigenvalue weighted by atomic mass is 19.1. The van der Waals surface area contributed by atoms with E-state index in [0.29, 0.717) is 26.2 Å². The number of carbonyl (C=O) groups is 1. The van der Waals surface area contributed by atoms with Crippen LogP contribution in [0.2, 0.25) is 0 Å². The summed E-state index contributed by atoms with van der Waals surface area (Å²) in [6.45, 7) is 4.38. The number of nitrogens with one attached hydrogen (secondary N) is 2. The van der Waals surface area contributed by atoms with E-state index in [1.54, 1.807) is 35.8 Å². The van der Waals surface area contributed by atoms with E-state index in [2.05, 4.69) is 36.2 Å². The van der Waals surface area contributed by atoms with Crippen LogP contribution >= 0.6 is 0 Å². The van der Waals surface area contributed by atoms with Crippen molar-refractivity contribution >= 4 is 22.9 Å². The van der Waals surface area contributed by atoms with E-state index in [1.165, 1.54) is 12.1 Å². The summed E-state index contributed by atoms with van der Waals surface area (Å²) in [5, 5.41) is 3.95. The van der Waals surface area contributed by atoms with Crippen LogP contribution in [0.3, 0.4) is 0 Å². The first-order chi connectivity index (χ1) is 16.1. The number of hydrogen-bond donors (Lipinski definition) is 2. The largest absolute Gasteiger partial charge is 0.352 e. The van der Waals surface area contributed by atoms with Crippen LogP contribution in [0, 0.1) is 5.82 Å². The van der Waals surface area contributed by atoms with Crippen molar-refractivity contribution in [2.75, 3.05) is 31.1 Å². The third kappa shape index (κ3) is 4.34. The molecule has 1 fully saturated rings. The molecule has 2 amide bonds. The van der Waals surface area contributed by atoms with Gasteiger partial charge in [0.05, 0.1) is 11.4 Å². The van der Waals surface area contributed by atoms with Crippen LogP contribution < -0.4 is 10.2 Å². The van der Waals surface area contributed by atoms with Gasteiger partial charge in [0.1, 0.15) is 23.6 Å². The molecule has 9 heteroatoms. The smallest absolute Gasteiger partial charge is 0.317 e. The number of carbonyl (C=O) groups excluding carboxylic acids is 1. The second kappa shape index (κ2) is 8.85. The highest BCUT2D eigenvalue weighted by Gasteiger charge is 2.24. The van der Waals surface area contributed by atoms with Gasteiger partial charge in [-0.05, 0) is 42.8 Å².